The third-order valence-electron chi connectivity index (χ3n) is 1.96. The lowest BCUT2D eigenvalue weighted by Crippen LogP contribution is -2.11. The van der Waals surface area contributed by atoms with Gasteiger partial charge in [0.05, 0.1) is 12.7 Å². The van der Waals surface area contributed by atoms with E-state index < -0.39 is 0 Å². The van der Waals surface area contributed by atoms with Gasteiger partial charge in [-0.2, -0.15) is 4.98 Å². The van der Waals surface area contributed by atoms with E-state index in [0.717, 1.165) is 13.0 Å². The normalized spacial score (nSPS) is 10.7. The van der Waals surface area contributed by atoms with Crippen LogP contribution in [-0.2, 0) is 4.74 Å². The molecule has 0 unspecified atom stereocenters. The summed E-state index contributed by atoms with van der Waals surface area (Å²) in [6.45, 7) is 5.96. The molecule has 1 rings (SSSR count). The lowest BCUT2D eigenvalue weighted by molar-refractivity contribution is 0.149. The zero-order valence-corrected chi connectivity index (χ0v) is 11.6. The summed E-state index contributed by atoms with van der Waals surface area (Å²) >= 11 is 5.49. The molecule has 0 aliphatic rings. The van der Waals surface area contributed by atoms with E-state index in [2.05, 4.69) is 15.3 Å². The summed E-state index contributed by atoms with van der Waals surface area (Å²) in [5.74, 6) is 1.69. The molecule has 1 aromatic rings. The summed E-state index contributed by atoms with van der Waals surface area (Å²) in [6.07, 6.45) is 2.67. The number of nitrogens with one attached hydrogen (secondary N) is 1. The van der Waals surface area contributed by atoms with Crippen LogP contribution >= 0.6 is 11.6 Å². The zero-order valence-electron chi connectivity index (χ0n) is 10.9. The van der Waals surface area contributed by atoms with Crippen LogP contribution in [0.4, 0.5) is 5.95 Å². The van der Waals surface area contributed by atoms with Crippen molar-refractivity contribution >= 4 is 17.5 Å². The predicted octanol–water partition coefficient (Wildman–Crippen LogP) is 2.32. The molecule has 5 nitrogen and oxygen atoms in total. The van der Waals surface area contributed by atoms with Gasteiger partial charge in [-0.05, 0) is 20.3 Å². The molecule has 1 aromatic heterocycles. The number of halogens is 1. The van der Waals surface area contributed by atoms with Gasteiger partial charge in [0, 0.05) is 31.3 Å². The summed E-state index contributed by atoms with van der Waals surface area (Å²) < 4.78 is 10.7. The quantitative estimate of drug-likeness (QED) is 0.553. The molecule has 0 bridgehead atoms. The van der Waals surface area contributed by atoms with Crippen LogP contribution in [0.1, 0.15) is 20.3 Å². The van der Waals surface area contributed by atoms with Crippen molar-refractivity contribution in [3.05, 3.63) is 12.3 Å². The Kier molecular flexibility index (Phi) is 7.44. The molecule has 0 saturated heterocycles. The Morgan fingerprint density at radius 1 is 1.39 bits per heavy atom. The van der Waals surface area contributed by atoms with Crippen LogP contribution in [0, 0.1) is 0 Å². The standard InChI is InChI=1S/C12H20ClN3O2/c1-10(2)18-11-4-7-15-12(16-11)14-6-3-8-17-9-5-13/h4,7,10H,3,5-6,8-9H2,1-2H3,(H,14,15,16). The zero-order chi connectivity index (χ0) is 13.2. The first-order valence-electron chi connectivity index (χ1n) is 6.09. The average Bonchev–Trinajstić information content (AvgIpc) is 2.33. The molecular formula is C12H20ClN3O2. The number of anilines is 1. The summed E-state index contributed by atoms with van der Waals surface area (Å²) in [4.78, 5) is 8.36. The number of rotatable bonds is 9. The summed E-state index contributed by atoms with van der Waals surface area (Å²) in [5.41, 5.74) is 0. The van der Waals surface area contributed by atoms with Crippen molar-refractivity contribution in [2.75, 3.05) is 31.0 Å². The lowest BCUT2D eigenvalue weighted by atomic mass is 10.4. The van der Waals surface area contributed by atoms with Crippen molar-refractivity contribution in [1.29, 1.82) is 0 Å². The minimum absolute atomic E-state index is 0.108. The van der Waals surface area contributed by atoms with Gasteiger partial charge >= 0.3 is 0 Å². The molecule has 0 saturated carbocycles. The van der Waals surface area contributed by atoms with E-state index in [1.165, 1.54) is 0 Å². The monoisotopic (exact) mass is 273 g/mol. The maximum Gasteiger partial charge on any atom is 0.225 e. The first kappa shape index (κ1) is 15.0. The fraction of sp³-hybridized carbons (Fsp3) is 0.667. The van der Waals surface area contributed by atoms with Crippen molar-refractivity contribution in [3.63, 3.8) is 0 Å². The van der Waals surface area contributed by atoms with E-state index in [9.17, 15) is 0 Å². The maximum atomic E-state index is 5.49. The fourth-order valence-corrected chi connectivity index (χ4v) is 1.37. The molecule has 0 fully saturated rings. The van der Waals surface area contributed by atoms with Crippen LogP contribution in [0.3, 0.4) is 0 Å². The van der Waals surface area contributed by atoms with E-state index in [0.29, 0.717) is 30.9 Å². The average molecular weight is 274 g/mol. The Morgan fingerprint density at radius 2 is 2.22 bits per heavy atom. The highest BCUT2D eigenvalue weighted by molar-refractivity contribution is 6.17. The van der Waals surface area contributed by atoms with Crippen LogP contribution in [0.15, 0.2) is 12.3 Å². The van der Waals surface area contributed by atoms with E-state index in [1.807, 2.05) is 13.8 Å². The topological polar surface area (TPSA) is 56.3 Å². The van der Waals surface area contributed by atoms with Crippen LogP contribution in [-0.4, -0.2) is 41.7 Å². The highest BCUT2D eigenvalue weighted by Gasteiger charge is 2.01. The Bertz CT molecular complexity index is 337. The second-order valence-electron chi connectivity index (χ2n) is 3.97. The van der Waals surface area contributed by atoms with Gasteiger partial charge < -0.3 is 14.8 Å². The Hall–Kier alpha value is -1.07. The Labute approximate surface area is 113 Å². The van der Waals surface area contributed by atoms with Gasteiger partial charge in [-0.1, -0.05) is 0 Å². The number of hydrogen-bond donors (Lipinski definition) is 1. The lowest BCUT2D eigenvalue weighted by Gasteiger charge is -2.10. The smallest absolute Gasteiger partial charge is 0.225 e. The molecule has 0 atom stereocenters. The molecule has 0 aliphatic carbocycles. The molecule has 0 aliphatic heterocycles. The van der Waals surface area contributed by atoms with Crippen molar-refractivity contribution < 1.29 is 9.47 Å². The molecule has 102 valence electrons. The number of hydrogen-bond acceptors (Lipinski definition) is 5. The fourth-order valence-electron chi connectivity index (χ4n) is 1.27. The van der Waals surface area contributed by atoms with E-state index in [4.69, 9.17) is 21.1 Å². The van der Waals surface area contributed by atoms with E-state index in [-0.39, 0.29) is 6.10 Å². The van der Waals surface area contributed by atoms with Gasteiger partial charge in [0.15, 0.2) is 0 Å². The van der Waals surface area contributed by atoms with Gasteiger partial charge in [0.25, 0.3) is 0 Å². The van der Waals surface area contributed by atoms with Crippen LogP contribution in [0.25, 0.3) is 0 Å². The third kappa shape index (κ3) is 6.61. The van der Waals surface area contributed by atoms with Gasteiger partial charge in [0.1, 0.15) is 0 Å². The van der Waals surface area contributed by atoms with Crippen LogP contribution < -0.4 is 10.1 Å². The number of nitrogens with zero attached hydrogens (tertiary/aromatic N) is 2. The Morgan fingerprint density at radius 3 is 2.94 bits per heavy atom. The summed E-state index contributed by atoms with van der Waals surface area (Å²) in [7, 11) is 0. The molecule has 0 amide bonds. The minimum atomic E-state index is 0.108. The predicted molar refractivity (Wildman–Crippen MR) is 72.4 cm³/mol. The van der Waals surface area contributed by atoms with Crippen LogP contribution in [0.5, 0.6) is 5.88 Å². The molecule has 0 radical (unpaired) electrons. The maximum absolute atomic E-state index is 5.49. The molecule has 0 aromatic carbocycles. The molecule has 1 heterocycles. The highest BCUT2D eigenvalue weighted by atomic mass is 35.5. The van der Waals surface area contributed by atoms with Crippen molar-refractivity contribution in [2.24, 2.45) is 0 Å². The van der Waals surface area contributed by atoms with Crippen LogP contribution in [0.2, 0.25) is 0 Å². The number of aromatic nitrogens is 2. The minimum Gasteiger partial charge on any atom is -0.475 e. The molecule has 18 heavy (non-hydrogen) atoms. The largest absolute Gasteiger partial charge is 0.475 e. The van der Waals surface area contributed by atoms with Crippen molar-refractivity contribution in [3.8, 4) is 5.88 Å². The highest BCUT2D eigenvalue weighted by Crippen LogP contribution is 2.09. The van der Waals surface area contributed by atoms with Gasteiger partial charge in [0.2, 0.25) is 11.8 Å². The number of ether oxygens (including phenoxy) is 2. The van der Waals surface area contributed by atoms with Gasteiger partial charge in [-0.3, -0.25) is 0 Å². The third-order valence-corrected chi connectivity index (χ3v) is 2.11. The van der Waals surface area contributed by atoms with Gasteiger partial charge in [-0.15, -0.1) is 11.6 Å². The molecule has 0 spiro atoms. The molecular weight excluding hydrogens is 254 g/mol. The molecule has 6 heteroatoms. The first-order chi connectivity index (χ1) is 8.72. The Balaban J connectivity index is 2.25. The SMILES string of the molecule is CC(C)Oc1ccnc(NCCCOCCCl)n1. The van der Waals surface area contributed by atoms with E-state index >= 15 is 0 Å². The van der Waals surface area contributed by atoms with Crippen molar-refractivity contribution in [1.82, 2.24) is 9.97 Å². The number of alkyl halides is 1. The van der Waals surface area contributed by atoms with Crippen molar-refractivity contribution in [2.45, 2.75) is 26.4 Å². The molecule has 1 N–H and O–H groups in total. The summed E-state index contributed by atoms with van der Waals surface area (Å²) in [5, 5.41) is 3.12. The van der Waals surface area contributed by atoms with E-state index in [1.54, 1.807) is 12.3 Å². The second kappa shape index (κ2) is 8.94. The first-order valence-corrected chi connectivity index (χ1v) is 6.63. The summed E-state index contributed by atoms with van der Waals surface area (Å²) in [6, 6.07) is 1.74. The second-order valence-corrected chi connectivity index (χ2v) is 4.34. The van der Waals surface area contributed by atoms with Gasteiger partial charge in [-0.25, -0.2) is 4.98 Å².